The standard InChI is InChI=1S/C22H27NO3/c1-13-2-4-17(5-3-13)22(6-7-22)19(24)23-18-15-8-14-9-16(18)12-21(10-14,11-15)20(25)26/h2-5,14-16,18H,6-12H2,1H3,(H,23,24)(H,25,26)/t14?,15-,16+,18?,21?. The maximum absolute atomic E-state index is 13.2. The van der Waals surface area contributed by atoms with Crippen LogP contribution in [-0.4, -0.2) is 23.0 Å². The van der Waals surface area contributed by atoms with Crippen LogP contribution < -0.4 is 5.32 Å². The van der Waals surface area contributed by atoms with Gasteiger partial charge in [0.25, 0.3) is 0 Å². The van der Waals surface area contributed by atoms with Gasteiger partial charge in [0.2, 0.25) is 5.91 Å². The summed E-state index contributed by atoms with van der Waals surface area (Å²) in [6, 6.07) is 8.54. The van der Waals surface area contributed by atoms with Crippen LogP contribution in [0.2, 0.25) is 0 Å². The number of rotatable bonds is 4. The molecule has 5 fully saturated rings. The molecule has 26 heavy (non-hydrogen) atoms. The molecule has 0 heterocycles. The van der Waals surface area contributed by atoms with Gasteiger partial charge in [-0.25, -0.2) is 0 Å². The molecule has 4 heteroatoms. The van der Waals surface area contributed by atoms with Crippen LogP contribution in [0.15, 0.2) is 24.3 Å². The van der Waals surface area contributed by atoms with Crippen LogP contribution in [0, 0.1) is 30.1 Å². The second-order valence-corrected chi connectivity index (χ2v) is 9.50. The quantitative estimate of drug-likeness (QED) is 0.871. The highest BCUT2D eigenvalue weighted by molar-refractivity contribution is 5.91. The summed E-state index contributed by atoms with van der Waals surface area (Å²) in [5, 5.41) is 13.2. The molecule has 2 N–H and O–H groups in total. The Morgan fingerprint density at radius 1 is 1.04 bits per heavy atom. The van der Waals surface area contributed by atoms with Crippen molar-refractivity contribution in [3.63, 3.8) is 0 Å². The summed E-state index contributed by atoms with van der Waals surface area (Å²) in [7, 11) is 0. The number of carbonyl (C=O) groups is 2. The van der Waals surface area contributed by atoms with Crippen LogP contribution in [0.1, 0.15) is 56.1 Å². The predicted octanol–water partition coefficient (Wildman–Crippen LogP) is 3.42. The molecule has 0 radical (unpaired) electrons. The number of carbonyl (C=O) groups excluding carboxylic acids is 1. The van der Waals surface area contributed by atoms with E-state index in [-0.39, 0.29) is 17.4 Å². The summed E-state index contributed by atoms with van der Waals surface area (Å²) in [6.45, 7) is 2.07. The zero-order valence-electron chi connectivity index (χ0n) is 15.3. The van der Waals surface area contributed by atoms with Crippen molar-refractivity contribution < 1.29 is 14.7 Å². The number of aryl methyl sites for hydroxylation is 1. The lowest BCUT2D eigenvalue weighted by molar-refractivity contribution is -0.167. The first kappa shape index (κ1) is 16.3. The third kappa shape index (κ3) is 2.27. The Labute approximate surface area is 154 Å². The molecule has 1 aromatic rings. The molecule has 0 aliphatic heterocycles. The van der Waals surface area contributed by atoms with Gasteiger partial charge in [-0.05, 0) is 75.2 Å². The molecule has 5 aliphatic carbocycles. The highest BCUT2D eigenvalue weighted by atomic mass is 16.4. The normalized spacial score (nSPS) is 38.8. The van der Waals surface area contributed by atoms with Crippen LogP contribution in [0.4, 0.5) is 0 Å². The fourth-order valence-corrected chi connectivity index (χ4v) is 6.46. The van der Waals surface area contributed by atoms with Crippen molar-refractivity contribution in [2.45, 2.75) is 63.3 Å². The Balaban J connectivity index is 1.35. The SMILES string of the molecule is Cc1ccc(C2(C(=O)NC3[C@@H]4CC5C[C@H]3CC(C(=O)O)(C5)C4)CC2)cc1. The molecule has 4 bridgehead atoms. The summed E-state index contributed by atoms with van der Waals surface area (Å²) >= 11 is 0. The van der Waals surface area contributed by atoms with Crippen LogP contribution >= 0.6 is 0 Å². The number of carboxylic acid groups (broad SMARTS) is 1. The topological polar surface area (TPSA) is 66.4 Å². The largest absolute Gasteiger partial charge is 0.481 e. The highest BCUT2D eigenvalue weighted by Gasteiger charge is 2.60. The molecule has 5 saturated carbocycles. The number of carboxylic acids is 1. The second-order valence-electron chi connectivity index (χ2n) is 9.50. The highest BCUT2D eigenvalue weighted by Crippen LogP contribution is 2.60. The first-order valence-electron chi connectivity index (χ1n) is 10.0. The summed E-state index contributed by atoms with van der Waals surface area (Å²) < 4.78 is 0. The molecule has 5 aliphatic rings. The Kier molecular flexibility index (Phi) is 3.35. The van der Waals surface area contributed by atoms with E-state index in [0.717, 1.165) is 50.5 Å². The molecule has 1 amide bonds. The van der Waals surface area contributed by atoms with Gasteiger partial charge in [-0.1, -0.05) is 29.8 Å². The second kappa shape index (κ2) is 5.34. The first-order valence-corrected chi connectivity index (χ1v) is 10.0. The van der Waals surface area contributed by atoms with E-state index >= 15 is 0 Å². The predicted molar refractivity (Wildman–Crippen MR) is 97.6 cm³/mol. The van der Waals surface area contributed by atoms with E-state index in [0.29, 0.717) is 17.8 Å². The van der Waals surface area contributed by atoms with Gasteiger partial charge in [0.05, 0.1) is 10.8 Å². The monoisotopic (exact) mass is 353 g/mol. The van der Waals surface area contributed by atoms with Crippen molar-refractivity contribution >= 4 is 11.9 Å². The fourth-order valence-electron chi connectivity index (χ4n) is 6.46. The Morgan fingerprint density at radius 3 is 2.19 bits per heavy atom. The van der Waals surface area contributed by atoms with Gasteiger partial charge in [-0.15, -0.1) is 0 Å². The average Bonchev–Trinajstić information content (AvgIpc) is 3.40. The van der Waals surface area contributed by atoms with Crippen LogP contribution in [0.25, 0.3) is 0 Å². The lowest BCUT2D eigenvalue weighted by Gasteiger charge is -2.58. The van der Waals surface area contributed by atoms with E-state index in [4.69, 9.17) is 0 Å². The molecule has 0 spiro atoms. The Bertz CT molecular complexity index is 748. The molecule has 138 valence electrons. The molecule has 0 saturated heterocycles. The number of aliphatic carboxylic acids is 1. The van der Waals surface area contributed by atoms with E-state index in [1.54, 1.807) is 0 Å². The van der Waals surface area contributed by atoms with Gasteiger partial charge in [0.1, 0.15) is 0 Å². The van der Waals surface area contributed by atoms with Crippen LogP contribution in [0.5, 0.6) is 0 Å². The smallest absolute Gasteiger partial charge is 0.309 e. The Hall–Kier alpha value is -1.84. The van der Waals surface area contributed by atoms with Crippen molar-refractivity contribution in [1.29, 1.82) is 0 Å². The van der Waals surface area contributed by atoms with E-state index < -0.39 is 11.4 Å². The minimum absolute atomic E-state index is 0.170. The summed E-state index contributed by atoms with van der Waals surface area (Å²) in [6.07, 6.45) is 6.37. The number of hydrogen-bond donors (Lipinski definition) is 2. The molecular weight excluding hydrogens is 326 g/mol. The molecule has 0 aromatic heterocycles. The number of hydrogen-bond acceptors (Lipinski definition) is 2. The third-order valence-electron chi connectivity index (χ3n) is 7.81. The van der Waals surface area contributed by atoms with Crippen molar-refractivity contribution in [1.82, 2.24) is 5.32 Å². The maximum Gasteiger partial charge on any atom is 0.309 e. The lowest BCUT2D eigenvalue weighted by Crippen LogP contribution is -2.61. The summed E-state index contributed by atoms with van der Waals surface area (Å²) in [5.41, 5.74) is 1.50. The summed E-state index contributed by atoms with van der Waals surface area (Å²) in [5.74, 6) is 0.789. The lowest BCUT2D eigenvalue weighted by atomic mass is 9.48. The number of nitrogens with one attached hydrogen (secondary N) is 1. The average molecular weight is 353 g/mol. The zero-order chi connectivity index (χ0) is 18.1. The zero-order valence-corrected chi connectivity index (χ0v) is 15.3. The summed E-state index contributed by atoms with van der Waals surface area (Å²) in [4.78, 5) is 25.1. The molecule has 5 atom stereocenters. The van der Waals surface area contributed by atoms with Gasteiger partial charge in [0.15, 0.2) is 0 Å². The van der Waals surface area contributed by atoms with Crippen molar-refractivity contribution in [2.24, 2.45) is 23.2 Å². The van der Waals surface area contributed by atoms with E-state index in [1.807, 2.05) is 0 Å². The minimum Gasteiger partial charge on any atom is -0.481 e. The van der Waals surface area contributed by atoms with E-state index in [9.17, 15) is 14.7 Å². The van der Waals surface area contributed by atoms with Gasteiger partial charge >= 0.3 is 5.97 Å². The van der Waals surface area contributed by atoms with Crippen LogP contribution in [0.3, 0.4) is 0 Å². The number of benzene rings is 1. The number of amides is 1. The molecule has 3 unspecified atom stereocenters. The van der Waals surface area contributed by atoms with Gasteiger partial charge < -0.3 is 10.4 Å². The molecule has 4 nitrogen and oxygen atoms in total. The van der Waals surface area contributed by atoms with Crippen LogP contribution in [-0.2, 0) is 15.0 Å². The van der Waals surface area contributed by atoms with Crippen molar-refractivity contribution in [3.05, 3.63) is 35.4 Å². The Morgan fingerprint density at radius 2 is 1.65 bits per heavy atom. The first-order chi connectivity index (χ1) is 12.4. The van der Waals surface area contributed by atoms with Gasteiger partial charge in [-0.2, -0.15) is 0 Å². The minimum atomic E-state index is -0.611. The van der Waals surface area contributed by atoms with Gasteiger partial charge in [-0.3, -0.25) is 9.59 Å². The van der Waals surface area contributed by atoms with Crippen molar-refractivity contribution in [3.8, 4) is 0 Å². The fraction of sp³-hybridized carbons (Fsp3) is 0.636. The van der Waals surface area contributed by atoms with E-state index in [2.05, 4.69) is 36.5 Å². The van der Waals surface area contributed by atoms with Gasteiger partial charge in [0, 0.05) is 6.04 Å². The van der Waals surface area contributed by atoms with Crippen molar-refractivity contribution in [2.75, 3.05) is 0 Å². The van der Waals surface area contributed by atoms with E-state index in [1.165, 1.54) is 5.56 Å². The molecule has 1 aromatic carbocycles. The third-order valence-corrected chi connectivity index (χ3v) is 7.81. The molecule has 6 rings (SSSR count). The molecular formula is C22H27NO3. The maximum atomic E-state index is 13.2.